The summed E-state index contributed by atoms with van der Waals surface area (Å²) in [7, 11) is 0. The minimum absolute atomic E-state index is 0.00779. The highest BCUT2D eigenvalue weighted by molar-refractivity contribution is 6.33. The summed E-state index contributed by atoms with van der Waals surface area (Å²) in [5.41, 5.74) is 0.913. The fourth-order valence-corrected chi connectivity index (χ4v) is 7.03. The number of anilines is 2. The summed E-state index contributed by atoms with van der Waals surface area (Å²) in [6.07, 6.45) is 1.85. The molecular weight excluding hydrogens is 665 g/mol. The van der Waals surface area contributed by atoms with Crippen LogP contribution < -0.4 is 15.6 Å². The van der Waals surface area contributed by atoms with E-state index in [4.69, 9.17) is 16.6 Å². The molecule has 1 aliphatic heterocycles. The number of rotatable bonds is 7. The number of fused-ring (bicyclic) bond motifs is 2. The van der Waals surface area contributed by atoms with Crippen molar-refractivity contribution in [2.24, 2.45) is 0 Å². The van der Waals surface area contributed by atoms with Gasteiger partial charge in [-0.3, -0.25) is 14.4 Å². The Morgan fingerprint density at radius 2 is 1.84 bits per heavy atom. The zero-order valence-corrected chi connectivity index (χ0v) is 27.3. The van der Waals surface area contributed by atoms with Gasteiger partial charge in [0.05, 0.1) is 39.9 Å². The van der Waals surface area contributed by atoms with Crippen LogP contribution in [-0.2, 0) is 23.9 Å². The molecule has 7 rings (SSSR count). The second kappa shape index (κ2) is 12.3. The van der Waals surface area contributed by atoms with Crippen molar-refractivity contribution in [3.63, 3.8) is 0 Å². The number of benzene rings is 1. The van der Waals surface area contributed by atoms with Crippen molar-refractivity contribution < 1.29 is 27.9 Å². The monoisotopic (exact) mass is 696 g/mol. The van der Waals surface area contributed by atoms with Crippen LogP contribution in [0.25, 0.3) is 11.2 Å². The van der Waals surface area contributed by atoms with Crippen LogP contribution in [0.4, 0.5) is 24.5 Å². The Bertz CT molecular complexity index is 2070. The van der Waals surface area contributed by atoms with Crippen molar-refractivity contribution >= 4 is 46.0 Å². The minimum atomic E-state index is -4.60. The van der Waals surface area contributed by atoms with Crippen LogP contribution in [-0.4, -0.2) is 71.5 Å². The summed E-state index contributed by atoms with van der Waals surface area (Å²) >= 11 is 6.12. The number of piperazine rings is 1. The van der Waals surface area contributed by atoms with Gasteiger partial charge in [-0.1, -0.05) is 18.5 Å². The highest BCUT2D eigenvalue weighted by Gasteiger charge is 2.47. The average Bonchev–Trinajstić information content (AvgIpc) is 3.90. The molecule has 3 aromatic heterocycles. The molecule has 4 aromatic rings. The van der Waals surface area contributed by atoms with Crippen molar-refractivity contribution in [3.8, 4) is 5.75 Å². The van der Waals surface area contributed by atoms with Crippen LogP contribution in [0.2, 0.25) is 5.02 Å². The Kier molecular flexibility index (Phi) is 8.20. The number of carbonyl (C=O) groups excluding carboxylic acids is 2. The van der Waals surface area contributed by atoms with Gasteiger partial charge >= 0.3 is 6.18 Å². The van der Waals surface area contributed by atoms with Crippen molar-refractivity contribution in [2.45, 2.75) is 76.7 Å². The predicted octanol–water partition coefficient (Wildman–Crippen LogP) is 4.84. The summed E-state index contributed by atoms with van der Waals surface area (Å²) in [6.45, 7) is 3.68. The Morgan fingerprint density at radius 3 is 2.49 bits per heavy atom. The number of alkyl halides is 3. The number of aryl methyl sites for hydroxylation is 1. The van der Waals surface area contributed by atoms with Crippen molar-refractivity contribution in [1.82, 2.24) is 29.4 Å². The first-order valence-electron chi connectivity index (χ1n) is 16.0. The second-order valence-corrected chi connectivity index (χ2v) is 13.0. The van der Waals surface area contributed by atoms with Crippen LogP contribution in [0.3, 0.4) is 0 Å². The topological polar surface area (TPSA) is 146 Å². The third-order valence-corrected chi connectivity index (χ3v) is 9.91. The molecular formula is C33H32ClF3N8O4. The summed E-state index contributed by atoms with van der Waals surface area (Å²) in [6, 6.07) is 2.22. The number of halogens is 4. The Morgan fingerprint density at radius 1 is 1.08 bits per heavy atom. The molecule has 2 N–H and O–H groups in total. The van der Waals surface area contributed by atoms with E-state index >= 15 is 0 Å². The Labute approximate surface area is 283 Å². The third-order valence-electron chi connectivity index (χ3n) is 9.60. The molecule has 0 bridgehead atoms. The van der Waals surface area contributed by atoms with Gasteiger partial charge in [-0.05, 0) is 57.2 Å². The highest BCUT2D eigenvalue weighted by Crippen LogP contribution is 2.41. The van der Waals surface area contributed by atoms with E-state index in [0.717, 1.165) is 31.0 Å². The number of nitrogens with one attached hydrogen (secondary N) is 1. The number of carbonyl (C=O) groups is 2. The van der Waals surface area contributed by atoms with E-state index in [2.05, 4.69) is 20.3 Å². The van der Waals surface area contributed by atoms with Crippen LogP contribution in [0, 0.1) is 6.92 Å². The van der Waals surface area contributed by atoms with Gasteiger partial charge in [0.15, 0.2) is 22.6 Å². The second-order valence-electron chi connectivity index (χ2n) is 12.6. The van der Waals surface area contributed by atoms with Crippen LogP contribution in [0.15, 0.2) is 35.5 Å². The molecule has 256 valence electrons. The number of hydrogen-bond acceptors (Lipinski definition) is 9. The van der Waals surface area contributed by atoms with Crippen LogP contribution in [0.5, 0.6) is 5.75 Å². The van der Waals surface area contributed by atoms with Crippen molar-refractivity contribution in [1.29, 1.82) is 0 Å². The molecule has 3 fully saturated rings. The smallest absolute Gasteiger partial charge is 0.416 e. The summed E-state index contributed by atoms with van der Waals surface area (Å²) in [5, 5.41) is 12.8. The van der Waals surface area contributed by atoms with Gasteiger partial charge in [0.1, 0.15) is 18.6 Å². The maximum absolute atomic E-state index is 14.4. The van der Waals surface area contributed by atoms with E-state index in [9.17, 15) is 32.7 Å². The van der Waals surface area contributed by atoms with E-state index in [1.807, 2.05) is 11.8 Å². The Hall–Kier alpha value is -4.79. The van der Waals surface area contributed by atoms with E-state index in [1.165, 1.54) is 6.33 Å². The molecule has 4 heterocycles. The minimum Gasteiger partial charge on any atom is -0.504 e. The lowest BCUT2D eigenvalue weighted by molar-refractivity contribution is -0.137. The fourth-order valence-electron chi connectivity index (χ4n) is 6.80. The molecule has 1 aromatic carbocycles. The summed E-state index contributed by atoms with van der Waals surface area (Å²) < 4.78 is 41.2. The molecule has 12 nitrogen and oxygen atoms in total. The van der Waals surface area contributed by atoms with Crippen molar-refractivity contribution in [3.05, 3.63) is 74.3 Å². The molecule has 0 spiro atoms. The molecule has 2 amide bonds. The zero-order valence-electron chi connectivity index (χ0n) is 26.6. The van der Waals surface area contributed by atoms with Crippen LogP contribution in [0.1, 0.15) is 71.7 Å². The van der Waals surface area contributed by atoms with Crippen LogP contribution >= 0.6 is 11.6 Å². The van der Waals surface area contributed by atoms with Crippen molar-refractivity contribution in [2.75, 3.05) is 23.3 Å². The van der Waals surface area contributed by atoms with Gasteiger partial charge < -0.3 is 24.8 Å². The number of aromatic hydroxyl groups is 1. The largest absolute Gasteiger partial charge is 0.504 e. The predicted molar refractivity (Wildman–Crippen MR) is 174 cm³/mol. The summed E-state index contributed by atoms with van der Waals surface area (Å²) in [5.74, 6) is -1.06. The maximum atomic E-state index is 14.4. The fraction of sp³-hybridized carbons (Fsp3) is 0.424. The molecule has 0 unspecified atom stereocenters. The number of nitrogens with zero attached hydrogens (tertiary/aromatic N) is 7. The number of pyridine rings is 1. The first-order valence-corrected chi connectivity index (χ1v) is 16.4. The maximum Gasteiger partial charge on any atom is 0.416 e. The van der Waals surface area contributed by atoms with E-state index in [0.29, 0.717) is 48.6 Å². The first-order chi connectivity index (χ1) is 23.4. The van der Waals surface area contributed by atoms with E-state index in [1.54, 1.807) is 22.6 Å². The lowest BCUT2D eigenvalue weighted by Gasteiger charge is -2.54. The van der Waals surface area contributed by atoms with Gasteiger partial charge in [-0.25, -0.2) is 19.9 Å². The molecule has 0 radical (unpaired) electrons. The third kappa shape index (κ3) is 5.83. The van der Waals surface area contributed by atoms with Gasteiger partial charge in [0, 0.05) is 30.7 Å². The molecule has 2 atom stereocenters. The molecule has 2 saturated carbocycles. The molecule has 49 heavy (non-hydrogen) atoms. The SMILES string of the molecule is CCc1c(N2CCN(C(=O)c3ncnc(C)c3O)[C@H]3CC[C@@H]32)c(=O)c2nc(C3CC3)cnc2n1CC(=O)Nc1ccc(C(F)(F)F)cc1Cl. The quantitative estimate of drug-likeness (QED) is 0.277. The highest BCUT2D eigenvalue weighted by atomic mass is 35.5. The molecule has 1 saturated heterocycles. The first kappa shape index (κ1) is 32.7. The Balaban J connectivity index is 1.25. The number of hydrogen-bond donors (Lipinski definition) is 2. The zero-order chi connectivity index (χ0) is 34.8. The number of aromatic nitrogens is 5. The average molecular weight is 697 g/mol. The van der Waals surface area contributed by atoms with Gasteiger partial charge in [-0.15, -0.1) is 0 Å². The molecule has 2 aliphatic carbocycles. The normalized spacial score (nSPS) is 19.1. The standard InChI is InChI=1S/C33H32ClF3N8O4/c1-3-22-28(43-10-11-44(24-9-8-23(24)43)32(49)27-29(47)16(2)39-15-40-27)30(48)26-31(38-13-21(42-26)17-4-5-17)45(22)14-25(46)41-20-7-6-18(12-19(20)34)33(35,36)37/h6-7,12-13,15,17,23-24,47H,3-5,8-11,14H2,1-2H3,(H,41,46)/t23-,24-/m0/s1. The molecule has 16 heteroatoms. The molecule has 3 aliphatic rings. The van der Waals surface area contributed by atoms with E-state index < -0.39 is 23.6 Å². The van der Waals surface area contributed by atoms with Gasteiger partial charge in [0.25, 0.3) is 5.91 Å². The number of amides is 2. The lowest BCUT2D eigenvalue weighted by atomic mass is 9.81. The van der Waals surface area contributed by atoms with Gasteiger partial charge in [0.2, 0.25) is 11.3 Å². The lowest BCUT2D eigenvalue weighted by Crippen LogP contribution is -2.67. The van der Waals surface area contributed by atoms with Gasteiger partial charge in [-0.2, -0.15) is 13.2 Å². The van der Waals surface area contributed by atoms with E-state index in [-0.39, 0.29) is 69.8 Å². The summed E-state index contributed by atoms with van der Waals surface area (Å²) in [4.78, 5) is 62.4.